The lowest BCUT2D eigenvalue weighted by Crippen LogP contribution is -2.11. The normalized spacial score (nSPS) is 10.7. The molecule has 2 aromatic carbocycles. The smallest absolute Gasteiger partial charge is 0.338 e. The fraction of sp³-hybridized carbons (Fsp3) is 0.125. The zero-order valence-electron chi connectivity index (χ0n) is 12.6. The van der Waals surface area contributed by atoms with E-state index in [1.54, 1.807) is 0 Å². The number of esters is 1. The van der Waals surface area contributed by atoms with Gasteiger partial charge in [0.2, 0.25) is 10.0 Å². The number of nitrogens with zero attached hydrogens (tertiary/aromatic N) is 1. The average molecular weight is 348 g/mol. The van der Waals surface area contributed by atoms with Crippen LogP contribution in [0.1, 0.15) is 21.5 Å². The number of ether oxygens (including phenoxy) is 1. The molecular weight excluding hydrogens is 335 g/mol. The number of halogens is 1. The van der Waals surface area contributed by atoms with Crippen LogP contribution in [0.5, 0.6) is 0 Å². The van der Waals surface area contributed by atoms with E-state index in [9.17, 15) is 17.6 Å². The summed E-state index contributed by atoms with van der Waals surface area (Å²) in [5.41, 5.74) is 0.653. The van der Waals surface area contributed by atoms with Crippen molar-refractivity contribution in [3.05, 3.63) is 65.0 Å². The third kappa shape index (κ3) is 4.79. The molecule has 124 valence electrons. The first kappa shape index (κ1) is 17.4. The molecule has 0 unspecified atom stereocenters. The van der Waals surface area contributed by atoms with Crippen LogP contribution >= 0.6 is 0 Å². The maximum Gasteiger partial charge on any atom is 0.338 e. The van der Waals surface area contributed by atoms with Gasteiger partial charge in [-0.05, 0) is 36.4 Å². The zero-order chi connectivity index (χ0) is 17.7. The number of sulfonamides is 1. The Morgan fingerprint density at radius 1 is 1.29 bits per heavy atom. The molecular formula is C16H13FN2O4S. The second-order valence-electron chi connectivity index (χ2n) is 4.95. The SMILES string of the molecule is CS(=O)(=O)Nc1cccc(C(=O)OCc2cc(C#N)ccc2F)c1. The summed E-state index contributed by atoms with van der Waals surface area (Å²) in [5, 5.41) is 8.80. The van der Waals surface area contributed by atoms with Gasteiger partial charge in [-0.3, -0.25) is 4.72 Å². The Morgan fingerprint density at radius 2 is 2.04 bits per heavy atom. The summed E-state index contributed by atoms with van der Waals surface area (Å²) in [5.74, 6) is -1.33. The molecule has 0 spiro atoms. The number of rotatable bonds is 5. The van der Waals surface area contributed by atoms with Gasteiger partial charge >= 0.3 is 5.97 Å². The monoisotopic (exact) mass is 348 g/mol. The summed E-state index contributed by atoms with van der Waals surface area (Å²) in [6.07, 6.45) is 0.989. The molecule has 0 saturated carbocycles. The fourth-order valence-electron chi connectivity index (χ4n) is 1.91. The zero-order valence-corrected chi connectivity index (χ0v) is 13.4. The van der Waals surface area contributed by atoms with Crippen LogP contribution < -0.4 is 4.72 Å². The third-order valence-corrected chi connectivity index (χ3v) is 3.54. The van der Waals surface area contributed by atoms with Crippen LogP contribution in [0.4, 0.5) is 10.1 Å². The Bertz CT molecular complexity index is 920. The predicted octanol–water partition coefficient (Wildman–Crippen LogP) is 2.43. The van der Waals surface area contributed by atoms with Gasteiger partial charge in [0.05, 0.1) is 23.5 Å². The minimum absolute atomic E-state index is 0.0767. The van der Waals surface area contributed by atoms with Crippen molar-refractivity contribution in [2.45, 2.75) is 6.61 Å². The van der Waals surface area contributed by atoms with E-state index in [0.717, 1.165) is 12.3 Å². The van der Waals surface area contributed by atoms with Crippen LogP contribution in [0, 0.1) is 17.1 Å². The summed E-state index contributed by atoms with van der Waals surface area (Å²) < 4.78 is 43.3. The molecule has 8 heteroatoms. The van der Waals surface area contributed by atoms with Crippen LogP contribution in [0.25, 0.3) is 0 Å². The van der Waals surface area contributed by atoms with Crippen molar-refractivity contribution >= 4 is 21.7 Å². The molecule has 0 bridgehead atoms. The van der Waals surface area contributed by atoms with Gasteiger partial charge in [-0.15, -0.1) is 0 Å². The Balaban J connectivity index is 2.11. The first-order valence-electron chi connectivity index (χ1n) is 6.72. The maximum atomic E-state index is 13.6. The van der Waals surface area contributed by atoms with E-state index in [2.05, 4.69) is 4.72 Å². The maximum absolute atomic E-state index is 13.6. The van der Waals surface area contributed by atoms with Gasteiger partial charge in [0.1, 0.15) is 12.4 Å². The van der Waals surface area contributed by atoms with Crippen molar-refractivity contribution in [3.63, 3.8) is 0 Å². The van der Waals surface area contributed by atoms with Gasteiger partial charge in [0.25, 0.3) is 0 Å². The molecule has 2 rings (SSSR count). The summed E-state index contributed by atoms with van der Waals surface area (Å²) in [6.45, 7) is -0.343. The highest BCUT2D eigenvalue weighted by Crippen LogP contribution is 2.15. The number of nitriles is 1. The minimum atomic E-state index is -3.47. The van der Waals surface area contributed by atoms with E-state index in [0.29, 0.717) is 0 Å². The standard InChI is InChI=1S/C16H13FN2O4S/c1-24(21,22)19-14-4-2-3-12(8-14)16(20)23-10-13-7-11(9-18)5-6-15(13)17/h2-8,19H,10H2,1H3. The van der Waals surface area contributed by atoms with Crippen LogP contribution in [-0.2, 0) is 21.4 Å². The lowest BCUT2D eigenvalue weighted by molar-refractivity contribution is 0.0469. The van der Waals surface area contributed by atoms with Crippen LogP contribution in [-0.4, -0.2) is 20.6 Å². The summed E-state index contributed by atoms with van der Waals surface area (Å²) in [6, 6.07) is 11.3. The molecule has 6 nitrogen and oxygen atoms in total. The van der Waals surface area contributed by atoms with Crippen molar-refractivity contribution in [1.29, 1.82) is 5.26 Å². The highest BCUT2D eigenvalue weighted by molar-refractivity contribution is 7.92. The highest BCUT2D eigenvalue weighted by atomic mass is 32.2. The number of anilines is 1. The molecule has 0 aliphatic heterocycles. The molecule has 0 aliphatic rings. The number of nitrogens with one attached hydrogen (secondary N) is 1. The topological polar surface area (TPSA) is 96.3 Å². The van der Waals surface area contributed by atoms with E-state index in [1.807, 2.05) is 6.07 Å². The van der Waals surface area contributed by atoms with E-state index in [4.69, 9.17) is 10.00 Å². The molecule has 0 amide bonds. The van der Waals surface area contributed by atoms with Crippen molar-refractivity contribution in [2.75, 3.05) is 11.0 Å². The second kappa shape index (κ2) is 7.10. The summed E-state index contributed by atoms with van der Waals surface area (Å²) in [4.78, 5) is 12.0. The van der Waals surface area contributed by atoms with Crippen molar-refractivity contribution in [1.82, 2.24) is 0 Å². The van der Waals surface area contributed by atoms with Crippen molar-refractivity contribution < 1.29 is 22.3 Å². The lowest BCUT2D eigenvalue weighted by atomic mass is 10.1. The molecule has 0 atom stereocenters. The number of carbonyl (C=O) groups excluding carboxylic acids is 1. The Labute approximate surface area is 138 Å². The van der Waals surface area contributed by atoms with Crippen LogP contribution in [0.2, 0.25) is 0 Å². The first-order valence-corrected chi connectivity index (χ1v) is 8.61. The van der Waals surface area contributed by atoms with E-state index in [-0.39, 0.29) is 29.0 Å². The van der Waals surface area contributed by atoms with E-state index >= 15 is 0 Å². The van der Waals surface area contributed by atoms with Gasteiger partial charge in [0.15, 0.2) is 0 Å². The first-order chi connectivity index (χ1) is 11.3. The number of hydrogen-bond acceptors (Lipinski definition) is 5. The summed E-state index contributed by atoms with van der Waals surface area (Å²) >= 11 is 0. The number of hydrogen-bond donors (Lipinski definition) is 1. The van der Waals surface area contributed by atoms with Gasteiger partial charge in [-0.1, -0.05) is 6.07 Å². The molecule has 1 N–H and O–H groups in total. The molecule has 0 heterocycles. The minimum Gasteiger partial charge on any atom is -0.457 e. The molecule has 0 radical (unpaired) electrons. The largest absolute Gasteiger partial charge is 0.457 e. The van der Waals surface area contributed by atoms with Crippen molar-refractivity contribution in [2.24, 2.45) is 0 Å². The van der Waals surface area contributed by atoms with Crippen molar-refractivity contribution in [3.8, 4) is 6.07 Å². The Morgan fingerprint density at radius 3 is 2.71 bits per heavy atom. The molecule has 0 aliphatic carbocycles. The quantitative estimate of drug-likeness (QED) is 0.837. The third-order valence-electron chi connectivity index (χ3n) is 2.94. The van der Waals surface area contributed by atoms with Gasteiger partial charge in [-0.25, -0.2) is 17.6 Å². The van der Waals surface area contributed by atoms with Crippen LogP contribution in [0.3, 0.4) is 0 Å². The summed E-state index contributed by atoms with van der Waals surface area (Å²) in [7, 11) is -3.47. The molecule has 0 saturated heterocycles. The van der Waals surface area contributed by atoms with Gasteiger partial charge in [-0.2, -0.15) is 5.26 Å². The van der Waals surface area contributed by atoms with E-state index in [1.165, 1.54) is 36.4 Å². The molecule has 2 aromatic rings. The molecule has 0 aromatic heterocycles. The highest BCUT2D eigenvalue weighted by Gasteiger charge is 2.12. The van der Waals surface area contributed by atoms with E-state index < -0.39 is 21.8 Å². The fourth-order valence-corrected chi connectivity index (χ4v) is 2.46. The Hall–Kier alpha value is -2.92. The van der Waals surface area contributed by atoms with Gasteiger partial charge in [0, 0.05) is 11.3 Å². The number of carbonyl (C=O) groups is 1. The molecule has 24 heavy (non-hydrogen) atoms. The van der Waals surface area contributed by atoms with Crippen LogP contribution in [0.15, 0.2) is 42.5 Å². The average Bonchev–Trinajstić information content (AvgIpc) is 2.52. The number of benzene rings is 2. The Kier molecular flexibility index (Phi) is 5.16. The lowest BCUT2D eigenvalue weighted by Gasteiger charge is -2.08. The molecule has 0 fully saturated rings. The van der Waals surface area contributed by atoms with Gasteiger partial charge < -0.3 is 4.74 Å². The predicted molar refractivity (Wildman–Crippen MR) is 85.1 cm³/mol. The second-order valence-corrected chi connectivity index (χ2v) is 6.70.